The molecule has 0 aliphatic rings. The van der Waals surface area contributed by atoms with E-state index in [-0.39, 0.29) is 5.82 Å². The van der Waals surface area contributed by atoms with E-state index in [1.165, 1.54) is 6.07 Å². The van der Waals surface area contributed by atoms with Crippen molar-refractivity contribution in [3.63, 3.8) is 0 Å². The summed E-state index contributed by atoms with van der Waals surface area (Å²) in [6.45, 7) is 0.349. The molecule has 0 aliphatic carbocycles. The maximum atomic E-state index is 13.6. The van der Waals surface area contributed by atoms with Gasteiger partial charge in [0.1, 0.15) is 17.5 Å². The molecule has 19 heavy (non-hydrogen) atoms. The fraction of sp³-hybridized carbons (Fsp3) is 0.231. The second-order valence-corrected chi connectivity index (χ2v) is 4.01. The molecule has 0 spiro atoms. The standard InChI is InChI=1S/C13H15FN4O/c1-19-8-10-7-13(18-15)17-12(16-10)6-9-4-2-3-5-11(9)14/h2-5,7H,6,8,15H2,1H3,(H,16,17,18). The van der Waals surface area contributed by atoms with E-state index in [0.29, 0.717) is 35.9 Å². The van der Waals surface area contributed by atoms with E-state index in [4.69, 9.17) is 10.6 Å². The maximum absolute atomic E-state index is 13.6. The molecule has 0 aliphatic heterocycles. The lowest BCUT2D eigenvalue weighted by molar-refractivity contribution is 0.181. The van der Waals surface area contributed by atoms with Gasteiger partial charge in [-0.05, 0) is 11.6 Å². The third-order valence-electron chi connectivity index (χ3n) is 2.57. The minimum absolute atomic E-state index is 0.273. The molecule has 6 heteroatoms. The Bertz CT molecular complexity index is 562. The van der Waals surface area contributed by atoms with E-state index in [1.807, 2.05) is 0 Å². The summed E-state index contributed by atoms with van der Waals surface area (Å²) in [5.74, 6) is 6.05. The van der Waals surface area contributed by atoms with Gasteiger partial charge in [-0.2, -0.15) is 0 Å². The Hall–Kier alpha value is -2.05. The van der Waals surface area contributed by atoms with Crippen LogP contribution in [0.1, 0.15) is 17.1 Å². The lowest BCUT2D eigenvalue weighted by Gasteiger charge is -2.07. The number of nitrogens with two attached hydrogens (primary N) is 1. The molecule has 2 aromatic rings. The van der Waals surface area contributed by atoms with Crippen LogP contribution in [0.4, 0.5) is 10.2 Å². The Balaban J connectivity index is 2.29. The second-order valence-electron chi connectivity index (χ2n) is 4.01. The molecule has 0 unspecified atom stereocenters. The molecular weight excluding hydrogens is 247 g/mol. The summed E-state index contributed by atoms with van der Waals surface area (Å²) in [6, 6.07) is 8.23. The first-order valence-electron chi connectivity index (χ1n) is 5.78. The molecule has 0 saturated heterocycles. The molecule has 5 nitrogen and oxygen atoms in total. The summed E-state index contributed by atoms with van der Waals surface area (Å²) in [5, 5.41) is 0. The van der Waals surface area contributed by atoms with E-state index in [2.05, 4.69) is 15.4 Å². The van der Waals surface area contributed by atoms with Gasteiger partial charge in [0.15, 0.2) is 0 Å². The maximum Gasteiger partial charge on any atom is 0.144 e. The number of nitrogen functional groups attached to an aromatic ring is 1. The summed E-state index contributed by atoms with van der Waals surface area (Å²) in [5.41, 5.74) is 3.70. The number of aromatic nitrogens is 2. The van der Waals surface area contributed by atoms with E-state index in [9.17, 15) is 4.39 Å². The number of rotatable bonds is 5. The van der Waals surface area contributed by atoms with E-state index < -0.39 is 0 Å². The van der Waals surface area contributed by atoms with Crippen LogP contribution in [-0.4, -0.2) is 17.1 Å². The summed E-state index contributed by atoms with van der Waals surface area (Å²) in [4.78, 5) is 8.51. The highest BCUT2D eigenvalue weighted by Crippen LogP contribution is 2.13. The number of anilines is 1. The second kappa shape index (κ2) is 6.21. The molecule has 0 bridgehead atoms. The predicted molar refractivity (Wildman–Crippen MR) is 69.8 cm³/mol. The molecule has 0 radical (unpaired) electrons. The van der Waals surface area contributed by atoms with Gasteiger partial charge in [0, 0.05) is 19.6 Å². The van der Waals surface area contributed by atoms with Crippen LogP contribution in [0.25, 0.3) is 0 Å². The fourth-order valence-corrected chi connectivity index (χ4v) is 1.74. The molecule has 3 N–H and O–H groups in total. The number of nitrogens with one attached hydrogen (secondary N) is 1. The lowest BCUT2D eigenvalue weighted by Crippen LogP contribution is -2.12. The zero-order valence-corrected chi connectivity index (χ0v) is 10.6. The smallest absolute Gasteiger partial charge is 0.144 e. The average Bonchev–Trinajstić information content (AvgIpc) is 2.41. The predicted octanol–water partition coefficient (Wildman–Crippen LogP) is 1.64. The van der Waals surface area contributed by atoms with Crippen LogP contribution in [0.3, 0.4) is 0 Å². The number of hydrogen-bond donors (Lipinski definition) is 2. The monoisotopic (exact) mass is 262 g/mol. The minimum Gasteiger partial charge on any atom is -0.378 e. The highest BCUT2D eigenvalue weighted by Gasteiger charge is 2.08. The molecule has 1 aromatic carbocycles. The molecule has 1 heterocycles. The van der Waals surface area contributed by atoms with Gasteiger partial charge < -0.3 is 10.2 Å². The molecule has 1 aromatic heterocycles. The largest absolute Gasteiger partial charge is 0.378 e. The van der Waals surface area contributed by atoms with E-state index in [1.54, 1.807) is 31.4 Å². The van der Waals surface area contributed by atoms with Crippen LogP contribution in [-0.2, 0) is 17.8 Å². The van der Waals surface area contributed by atoms with Crippen molar-refractivity contribution in [3.05, 3.63) is 53.2 Å². The van der Waals surface area contributed by atoms with Crippen LogP contribution in [0.15, 0.2) is 30.3 Å². The van der Waals surface area contributed by atoms with Crippen LogP contribution in [0, 0.1) is 5.82 Å². The number of methoxy groups -OCH3 is 1. The van der Waals surface area contributed by atoms with Crippen LogP contribution in [0.5, 0.6) is 0 Å². The molecule has 0 saturated carbocycles. The summed E-state index contributed by atoms with van der Waals surface area (Å²) in [7, 11) is 1.58. The van der Waals surface area contributed by atoms with Gasteiger partial charge in [-0.1, -0.05) is 18.2 Å². The molecule has 2 rings (SSSR count). The third-order valence-corrected chi connectivity index (χ3v) is 2.57. The minimum atomic E-state index is -0.273. The highest BCUT2D eigenvalue weighted by molar-refractivity contribution is 5.35. The van der Waals surface area contributed by atoms with E-state index >= 15 is 0 Å². The normalized spacial score (nSPS) is 10.5. The van der Waals surface area contributed by atoms with E-state index in [0.717, 1.165) is 0 Å². The SMILES string of the molecule is COCc1cc(NN)nc(Cc2ccccc2F)n1. The van der Waals surface area contributed by atoms with Gasteiger partial charge in [-0.15, -0.1) is 0 Å². The first-order valence-corrected chi connectivity index (χ1v) is 5.78. The molecule has 0 atom stereocenters. The Labute approximate surface area is 110 Å². The Kier molecular flexibility index (Phi) is 4.38. The number of ether oxygens (including phenoxy) is 1. The molecule has 0 fully saturated rings. The van der Waals surface area contributed by atoms with Gasteiger partial charge in [-0.3, -0.25) is 0 Å². The van der Waals surface area contributed by atoms with Crippen molar-refractivity contribution in [2.24, 2.45) is 5.84 Å². The number of nitrogens with zero attached hydrogens (tertiary/aromatic N) is 2. The Morgan fingerprint density at radius 2 is 2.11 bits per heavy atom. The van der Waals surface area contributed by atoms with Gasteiger partial charge in [-0.25, -0.2) is 20.2 Å². The Morgan fingerprint density at radius 3 is 2.79 bits per heavy atom. The first-order chi connectivity index (χ1) is 9.22. The number of hydrazine groups is 1. The van der Waals surface area contributed by atoms with Crippen molar-refractivity contribution in [1.29, 1.82) is 0 Å². The molecule has 100 valence electrons. The molecular formula is C13H15FN4O. The number of halogens is 1. The van der Waals surface area contributed by atoms with Gasteiger partial charge in [0.05, 0.1) is 12.3 Å². The third kappa shape index (κ3) is 3.46. The van der Waals surface area contributed by atoms with Crippen molar-refractivity contribution in [1.82, 2.24) is 9.97 Å². The number of hydrogen-bond acceptors (Lipinski definition) is 5. The average molecular weight is 262 g/mol. The van der Waals surface area contributed by atoms with Crippen molar-refractivity contribution in [2.45, 2.75) is 13.0 Å². The zero-order chi connectivity index (χ0) is 13.7. The van der Waals surface area contributed by atoms with Crippen molar-refractivity contribution < 1.29 is 9.13 Å². The van der Waals surface area contributed by atoms with Crippen molar-refractivity contribution in [3.8, 4) is 0 Å². The lowest BCUT2D eigenvalue weighted by atomic mass is 10.1. The summed E-state index contributed by atoms with van der Waals surface area (Å²) < 4.78 is 18.6. The highest BCUT2D eigenvalue weighted by atomic mass is 19.1. The van der Waals surface area contributed by atoms with Gasteiger partial charge in [0.2, 0.25) is 0 Å². The van der Waals surface area contributed by atoms with Crippen LogP contribution in [0.2, 0.25) is 0 Å². The quantitative estimate of drug-likeness (QED) is 0.633. The van der Waals surface area contributed by atoms with Crippen molar-refractivity contribution in [2.75, 3.05) is 12.5 Å². The first kappa shape index (κ1) is 13.4. The van der Waals surface area contributed by atoms with Crippen LogP contribution < -0.4 is 11.3 Å². The summed E-state index contributed by atoms with van der Waals surface area (Å²) in [6.07, 6.45) is 0.304. The zero-order valence-electron chi connectivity index (χ0n) is 10.6. The molecule has 0 amide bonds. The van der Waals surface area contributed by atoms with Crippen molar-refractivity contribution >= 4 is 5.82 Å². The topological polar surface area (TPSA) is 73.1 Å². The summed E-state index contributed by atoms with van der Waals surface area (Å²) >= 11 is 0. The van der Waals surface area contributed by atoms with Gasteiger partial charge in [0.25, 0.3) is 0 Å². The van der Waals surface area contributed by atoms with Crippen LogP contribution >= 0.6 is 0 Å². The number of benzene rings is 1. The fourth-order valence-electron chi connectivity index (χ4n) is 1.74. The van der Waals surface area contributed by atoms with Gasteiger partial charge >= 0.3 is 0 Å². The Morgan fingerprint density at radius 1 is 1.32 bits per heavy atom.